The summed E-state index contributed by atoms with van der Waals surface area (Å²) in [7, 11) is -6.04. The van der Waals surface area contributed by atoms with Gasteiger partial charge in [0.25, 0.3) is 0 Å². The standard InChI is InChI=1S/C14H38O2Si4/c1-11-17(3,4)13-14-19(7,8)16-20(9,10)15-18(5,6)12-2/h11-14H2,1-10H3. The van der Waals surface area contributed by atoms with E-state index in [9.17, 15) is 0 Å². The molecule has 20 heavy (non-hydrogen) atoms. The van der Waals surface area contributed by atoms with Crippen molar-refractivity contribution >= 4 is 33.3 Å². The third kappa shape index (κ3) is 8.94. The molecule has 0 saturated carbocycles. The molecule has 0 atom stereocenters. The molecule has 0 bridgehead atoms. The third-order valence-electron chi connectivity index (χ3n) is 4.26. The van der Waals surface area contributed by atoms with Gasteiger partial charge < -0.3 is 8.23 Å². The van der Waals surface area contributed by atoms with E-state index < -0.39 is 33.3 Å². The Morgan fingerprint density at radius 1 is 0.600 bits per heavy atom. The molecule has 0 aromatic heterocycles. The lowest BCUT2D eigenvalue weighted by Crippen LogP contribution is -2.52. The van der Waals surface area contributed by atoms with Crippen LogP contribution < -0.4 is 0 Å². The molecule has 0 fully saturated rings. The van der Waals surface area contributed by atoms with Crippen LogP contribution in [-0.2, 0) is 8.23 Å². The Hall–Kier alpha value is 0.788. The predicted molar refractivity (Wildman–Crippen MR) is 103 cm³/mol. The second-order valence-electron chi connectivity index (χ2n) is 8.49. The Balaban J connectivity index is 4.58. The van der Waals surface area contributed by atoms with Gasteiger partial charge in [-0.15, -0.1) is 0 Å². The maximum atomic E-state index is 6.62. The summed E-state index contributed by atoms with van der Waals surface area (Å²) in [6, 6.07) is 5.25. The van der Waals surface area contributed by atoms with Crippen LogP contribution in [0.3, 0.4) is 0 Å². The molecule has 0 aliphatic rings. The van der Waals surface area contributed by atoms with E-state index in [1.165, 1.54) is 24.2 Å². The molecule has 122 valence electrons. The van der Waals surface area contributed by atoms with Crippen molar-refractivity contribution in [2.24, 2.45) is 0 Å². The fraction of sp³-hybridized carbons (Fsp3) is 1.00. The van der Waals surface area contributed by atoms with Crippen LogP contribution in [0, 0.1) is 0 Å². The van der Waals surface area contributed by atoms with Gasteiger partial charge in [-0.1, -0.05) is 39.0 Å². The molecule has 0 heterocycles. The number of hydrogen-bond donors (Lipinski definition) is 0. The molecule has 0 N–H and O–H groups in total. The second kappa shape index (κ2) is 7.37. The van der Waals surface area contributed by atoms with E-state index in [1.54, 1.807) is 0 Å². The minimum Gasteiger partial charge on any atom is -0.437 e. The number of hydrogen-bond acceptors (Lipinski definition) is 2. The zero-order valence-electron chi connectivity index (χ0n) is 15.6. The van der Waals surface area contributed by atoms with Crippen LogP contribution in [0.5, 0.6) is 0 Å². The van der Waals surface area contributed by atoms with Gasteiger partial charge in [0.2, 0.25) is 0 Å². The SMILES string of the molecule is CC[Si](C)(C)CC[Si](C)(C)O[Si](C)(C)O[Si](C)(C)CC. The lowest BCUT2D eigenvalue weighted by atomic mass is 10.9. The third-order valence-corrected chi connectivity index (χ3v) is 19.8. The fourth-order valence-electron chi connectivity index (χ4n) is 2.29. The van der Waals surface area contributed by atoms with Crippen LogP contribution in [0.2, 0.25) is 76.6 Å². The molecule has 0 rings (SSSR count). The molecule has 0 radical (unpaired) electrons. The van der Waals surface area contributed by atoms with Gasteiger partial charge >= 0.3 is 8.56 Å². The average Bonchev–Trinajstić information content (AvgIpc) is 2.24. The lowest BCUT2D eigenvalue weighted by molar-refractivity contribution is 0.389. The zero-order valence-corrected chi connectivity index (χ0v) is 19.6. The molecule has 0 aromatic carbocycles. The van der Waals surface area contributed by atoms with Crippen LogP contribution in [0.15, 0.2) is 0 Å². The molecule has 0 aromatic rings. The molecular formula is C14H38O2Si4. The Morgan fingerprint density at radius 3 is 1.45 bits per heavy atom. The highest BCUT2D eigenvalue weighted by Crippen LogP contribution is 2.28. The molecule has 0 unspecified atom stereocenters. The monoisotopic (exact) mass is 350 g/mol. The Morgan fingerprint density at radius 2 is 1.05 bits per heavy atom. The first-order valence-corrected chi connectivity index (χ1v) is 20.6. The highest BCUT2D eigenvalue weighted by molar-refractivity contribution is 6.88. The molecule has 0 aliphatic carbocycles. The topological polar surface area (TPSA) is 18.5 Å². The van der Waals surface area contributed by atoms with Gasteiger partial charge in [0.05, 0.1) is 0 Å². The maximum absolute atomic E-state index is 6.62. The van der Waals surface area contributed by atoms with Crippen molar-refractivity contribution in [1.29, 1.82) is 0 Å². The van der Waals surface area contributed by atoms with Crippen molar-refractivity contribution in [3.63, 3.8) is 0 Å². The number of rotatable bonds is 9. The zero-order chi connectivity index (χ0) is 16.2. The predicted octanol–water partition coefficient (Wildman–Crippen LogP) is 5.88. The smallest absolute Gasteiger partial charge is 0.311 e. The quantitative estimate of drug-likeness (QED) is 0.483. The van der Waals surface area contributed by atoms with E-state index in [0.717, 1.165) is 0 Å². The minimum atomic E-state index is -1.96. The molecular weight excluding hydrogens is 312 g/mol. The van der Waals surface area contributed by atoms with Gasteiger partial charge in [0.15, 0.2) is 16.6 Å². The van der Waals surface area contributed by atoms with Gasteiger partial charge in [0.1, 0.15) is 0 Å². The normalized spacial score (nSPS) is 14.7. The van der Waals surface area contributed by atoms with Gasteiger partial charge in [-0.25, -0.2) is 0 Å². The fourth-order valence-corrected chi connectivity index (χ4v) is 19.9. The summed E-state index contributed by atoms with van der Waals surface area (Å²) in [5, 5.41) is 0. The average molecular weight is 351 g/mol. The van der Waals surface area contributed by atoms with Crippen molar-refractivity contribution in [3.05, 3.63) is 0 Å². The highest BCUT2D eigenvalue weighted by Gasteiger charge is 2.39. The summed E-state index contributed by atoms with van der Waals surface area (Å²) in [6.45, 7) is 23.5. The maximum Gasteiger partial charge on any atom is 0.311 e. The van der Waals surface area contributed by atoms with E-state index in [1.807, 2.05) is 0 Å². The molecule has 0 aliphatic heterocycles. The highest BCUT2D eigenvalue weighted by atomic mass is 28.5. The Labute approximate surface area is 132 Å². The van der Waals surface area contributed by atoms with Crippen LogP contribution >= 0.6 is 0 Å². The van der Waals surface area contributed by atoms with Gasteiger partial charge in [-0.05, 0) is 51.4 Å². The van der Waals surface area contributed by atoms with E-state index in [-0.39, 0.29) is 0 Å². The largest absolute Gasteiger partial charge is 0.437 e. The van der Waals surface area contributed by atoms with Crippen molar-refractivity contribution in [1.82, 2.24) is 0 Å². The van der Waals surface area contributed by atoms with Crippen LogP contribution in [0.4, 0.5) is 0 Å². The van der Waals surface area contributed by atoms with Gasteiger partial charge in [-0.2, -0.15) is 0 Å². The van der Waals surface area contributed by atoms with Crippen molar-refractivity contribution < 1.29 is 8.23 Å². The summed E-state index contributed by atoms with van der Waals surface area (Å²) in [4.78, 5) is 0. The van der Waals surface area contributed by atoms with Gasteiger partial charge in [-0.3, -0.25) is 0 Å². The molecule has 2 nitrogen and oxygen atoms in total. The molecule has 0 saturated heterocycles. The van der Waals surface area contributed by atoms with E-state index in [4.69, 9.17) is 8.23 Å². The van der Waals surface area contributed by atoms with Crippen molar-refractivity contribution in [2.75, 3.05) is 0 Å². The molecule has 0 spiro atoms. The van der Waals surface area contributed by atoms with E-state index >= 15 is 0 Å². The van der Waals surface area contributed by atoms with E-state index in [2.05, 4.69) is 66.2 Å². The van der Waals surface area contributed by atoms with E-state index in [0.29, 0.717) is 0 Å². The summed E-state index contributed by atoms with van der Waals surface area (Å²) >= 11 is 0. The first-order valence-electron chi connectivity index (χ1n) is 8.14. The Bertz CT molecular complexity index is 302. The molecule has 6 heteroatoms. The van der Waals surface area contributed by atoms with Crippen molar-refractivity contribution in [2.45, 2.75) is 90.4 Å². The summed E-state index contributed by atoms with van der Waals surface area (Å²) < 4.78 is 13.1. The molecule has 0 amide bonds. The second-order valence-corrected chi connectivity index (χ2v) is 26.7. The summed E-state index contributed by atoms with van der Waals surface area (Å²) in [5.74, 6) is 0. The Kier molecular flexibility index (Phi) is 7.66. The van der Waals surface area contributed by atoms with Crippen LogP contribution in [0.25, 0.3) is 0 Å². The van der Waals surface area contributed by atoms with Gasteiger partial charge in [0, 0.05) is 8.07 Å². The van der Waals surface area contributed by atoms with Crippen LogP contribution in [0.1, 0.15) is 13.8 Å². The van der Waals surface area contributed by atoms with Crippen LogP contribution in [-0.4, -0.2) is 33.3 Å². The van der Waals surface area contributed by atoms with Crippen molar-refractivity contribution in [3.8, 4) is 0 Å². The summed E-state index contributed by atoms with van der Waals surface area (Å²) in [5.41, 5.74) is 0. The first kappa shape index (κ1) is 20.8. The first-order chi connectivity index (χ1) is 8.74. The lowest BCUT2D eigenvalue weighted by Gasteiger charge is -2.39. The summed E-state index contributed by atoms with van der Waals surface area (Å²) in [6.07, 6.45) is 0. The minimum absolute atomic E-state index is 0.978.